The maximum Gasteiger partial charge on any atom is 0.122 e. The fourth-order valence-corrected chi connectivity index (χ4v) is 3.27. The summed E-state index contributed by atoms with van der Waals surface area (Å²) >= 11 is 0. The van der Waals surface area contributed by atoms with Gasteiger partial charge in [-0.2, -0.15) is 0 Å². The second-order valence-electron chi connectivity index (χ2n) is 6.43. The quantitative estimate of drug-likeness (QED) is 0.918. The minimum Gasteiger partial charge on any atom is -0.490 e. The molecule has 0 radical (unpaired) electrons. The Balaban J connectivity index is 1.68. The van der Waals surface area contributed by atoms with Crippen LogP contribution in [-0.4, -0.2) is 18.3 Å². The highest BCUT2D eigenvalue weighted by Crippen LogP contribution is 2.43. The standard InChI is InChI=1S/C17H25NO2/c1-12-10-14(13(2)18)4-5-16(12)20-15-6-9-19-17(11-15)7-3-8-17/h4-5,10,13,15H,3,6-9,11,18H2,1-2H3. The molecular formula is C17H25NO2. The SMILES string of the molecule is Cc1cc(C(C)N)ccc1OC1CCOC2(CCC2)C1. The minimum atomic E-state index is 0.0732. The van der Waals surface area contributed by atoms with Crippen molar-refractivity contribution in [3.63, 3.8) is 0 Å². The Morgan fingerprint density at radius 3 is 2.80 bits per heavy atom. The lowest BCUT2D eigenvalue weighted by atomic mass is 9.74. The highest BCUT2D eigenvalue weighted by molar-refractivity contribution is 5.37. The number of ether oxygens (including phenoxy) is 2. The first kappa shape index (κ1) is 13.9. The molecule has 2 fully saturated rings. The molecule has 0 bridgehead atoms. The van der Waals surface area contributed by atoms with Crippen LogP contribution in [0.25, 0.3) is 0 Å². The van der Waals surface area contributed by atoms with Crippen LogP contribution in [0.5, 0.6) is 5.75 Å². The molecule has 1 heterocycles. The molecule has 1 aromatic rings. The number of hydrogen-bond donors (Lipinski definition) is 1. The average Bonchev–Trinajstić information content (AvgIpc) is 2.39. The van der Waals surface area contributed by atoms with Crippen LogP contribution in [0.4, 0.5) is 0 Å². The van der Waals surface area contributed by atoms with Crippen molar-refractivity contribution >= 4 is 0 Å². The zero-order valence-corrected chi connectivity index (χ0v) is 12.5. The van der Waals surface area contributed by atoms with Crippen LogP contribution in [0.3, 0.4) is 0 Å². The molecule has 20 heavy (non-hydrogen) atoms. The van der Waals surface area contributed by atoms with Gasteiger partial charge in [0, 0.05) is 18.9 Å². The van der Waals surface area contributed by atoms with Crippen LogP contribution in [-0.2, 0) is 4.74 Å². The van der Waals surface area contributed by atoms with E-state index in [0.717, 1.165) is 30.8 Å². The topological polar surface area (TPSA) is 44.5 Å². The summed E-state index contributed by atoms with van der Waals surface area (Å²) in [6.45, 7) is 4.94. The Hall–Kier alpha value is -1.06. The number of rotatable bonds is 3. The number of aryl methyl sites for hydroxylation is 1. The van der Waals surface area contributed by atoms with Gasteiger partial charge >= 0.3 is 0 Å². The molecule has 1 saturated carbocycles. The molecule has 110 valence electrons. The van der Waals surface area contributed by atoms with Crippen molar-refractivity contribution < 1.29 is 9.47 Å². The Labute approximate surface area is 121 Å². The van der Waals surface area contributed by atoms with E-state index in [0.29, 0.717) is 6.10 Å². The Kier molecular flexibility index (Phi) is 3.74. The van der Waals surface area contributed by atoms with E-state index in [1.54, 1.807) is 0 Å². The highest BCUT2D eigenvalue weighted by Gasteiger charge is 2.43. The summed E-state index contributed by atoms with van der Waals surface area (Å²) in [5, 5.41) is 0. The molecule has 1 spiro atoms. The van der Waals surface area contributed by atoms with E-state index in [2.05, 4.69) is 25.1 Å². The van der Waals surface area contributed by atoms with Gasteiger partial charge in [0.25, 0.3) is 0 Å². The molecule has 1 aliphatic carbocycles. The van der Waals surface area contributed by atoms with E-state index >= 15 is 0 Å². The lowest BCUT2D eigenvalue weighted by Gasteiger charge is -2.47. The lowest BCUT2D eigenvalue weighted by Crippen LogP contribution is -2.48. The van der Waals surface area contributed by atoms with Crippen LogP contribution >= 0.6 is 0 Å². The van der Waals surface area contributed by atoms with Gasteiger partial charge in [-0.1, -0.05) is 12.1 Å². The second kappa shape index (κ2) is 5.38. The Morgan fingerprint density at radius 1 is 1.40 bits per heavy atom. The molecule has 0 amide bonds. The van der Waals surface area contributed by atoms with E-state index < -0.39 is 0 Å². The van der Waals surface area contributed by atoms with Crippen LogP contribution in [0.15, 0.2) is 18.2 Å². The summed E-state index contributed by atoms with van der Waals surface area (Å²) in [4.78, 5) is 0. The van der Waals surface area contributed by atoms with Gasteiger partial charge in [-0.05, 0) is 50.3 Å². The molecule has 1 saturated heterocycles. The lowest BCUT2D eigenvalue weighted by molar-refractivity contribution is -0.153. The Bertz CT molecular complexity index is 480. The summed E-state index contributed by atoms with van der Waals surface area (Å²) < 4.78 is 12.2. The van der Waals surface area contributed by atoms with Crippen molar-refractivity contribution in [2.24, 2.45) is 5.73 Å². The normalized spacial score (nSPS) is 26.1. The number of nitrogens with two attached hydrogens (primary N) is 1. The first-order valence-electron chi connectivity index (χ1n) is 7.75. The van der Waals surface area contributed by atoms with E-state index in [4.69, 9.17) is 15.2 Å². The zero-order chi connectivity index (χ0) is 14.2. The van der Waals surface area contributed by atoms with Crippen molar-refractivity contribution in [2.45, 2.75) is 63.7 Å². The fourth-order valence-electron chi connectivity index (χ4n) is 3.27. The summed E-state index contributed by atoms with van der Waals surface area (Å²) in [7, 11) is 0. The molecule has 1 aliphatic heterocycles. The highest BCUT2D eigenvalue weighted by atomic mass is 16.5. The first-order chi connectivity index (χ1) is 9.58. The second-order valence-corrected chi connectivity index (χ2v) is 6.43. The molecule has 3 rings (SSSR count). The maximum absolute atomic E-state index is 6.23. The van der Waals surface area contributed by atoms with Crippen LogP contribution in [0.2, 0.25) is 0 Å². The van der Waals surface area contributed by atoms with E-state index in [9.17, 15) is 0 Å². The van der Waals surface area contributed by atoms with Gasteiger partial charge in [0.15, 0.2) is 0 Å². The van der Waals surface area contributed by atoms with Crippen molar-refractivity contribution in [1.29, 1.82) is 0 Å². The Morgan fingerprint density at radius 2 is 2.20 bits per heavy atom. The molecule has 0 aromatic heterocycles. The third-order valence-corrected chi connectivity index (χ3v) is 4.73. The van der Waals surface area contributed by atoms with Crippen LogP contribution in [0, 0.1) is 6.92 Å². The average molecular weight is 275 g/mol. The van der Waals surface area contributed by atoms with E-state index in [1.165, 1.54) is 24.8 Å². The molecule has 2 aliphatic rings. The summed E-state index contributed by atoms with van der Waals surface area (Å²) in [5.41, 5.74) is 8.40. The van der Waals surface area contributed by atoms with Gasteiger partial charge in [0.1, 0.15) is 11.9 Å². The van der Waals surface area contributed by atoms with Crippen molar-refractivity contribution in [3.8, 4) is 5.75 Å². The predicted molar refractivity (Wildman–Crippen MR) is 80.0 cm³/mol. The molecule has 2 unspecified atom stereocenters. The zero-order valence-electron chi connectivity index (χ0n) is 12.5. The van der Waals surface area contributed by atoms with Crippen molar-refractivity contribution in [1.82, 2.24) is 0 Å². The van der Waals surface area contributed by atoms with Crippen LogP contribution in [0.1, 0.15) is 56.2 Å². The third kappa shape index (κ3) is 2.70. The molecular weight excluding hydrogens is 250 g/mol. The van der Waals surface area contributed by atoms with Gasteiger partial charge in [-0.15, -0.1) is 0 Å². The molecule has 3 heteroatoms. The molecule has 1 aromatic carbocycles. The fraction of sp³-hybridized carbons (Fsp3) is 0.647. The molecule has 2 N–H and O–H groups in total. The summed E-state index contributed by atoms with van der Waals surface area (Å²) in [6.07, 6.45) is 6.04. The van der Waals surface area contributed by atoms with E-state index in [-0.39, 0.29) is 11.6 Å². The maximum atomic E-state index is 6.23. The monoisotopic (exact) mass is 275 g/mol. The van der Waals surface area contributed by atoms with Gasteiger partial charge in [-0.25, -0.2) is 0 Å². The van der Waals surface area contributed by atoms with Gasteiger partial charge < -0.3 is 15.2 Å². The van der Waals surface area contributed by atoms with Gasteiger partial charge in [0.05, 0.1) is 12.2 Å². The summed E-state index contributed by atoms with van der Waals surface area (Å²) in [6, 6.07) is 6.35. The van der Waals surface area contributed by atoms with Gasteiger partial charge in [0.2, 0.25) is 0 Å². The number of benzene rings is 1. The third-order valence-electron chi connectivity index (χ3n) is 4.73. The van der Waals surface area contributed by atoms with Crippen molar-refractivity contribution in [3.05, 3.63) is 29.3 Å². The largest absolute Gasteiger partial charge is 0.490 e. The molecule has 3 nitrogen and oxygen atoms in total. The minimum absolute atomic E-state index is 0.0732. The van der Waals surface area contributed by atoms with Crippen molar-refractivity contribution in [2.75, 3.05) is 6.61 Å². The van der Waals surface area contributed by atoms with Crippen LogP contribution < -0.4 is 10.5 Å². The summed E-state index contributed by atoms with van der Waals surface area (Å²) in [5.74, 6) is 0.996. The van der Waals surface area contributed by atoms with E-state index in [1.807, 2.05) is 6.92 Å². The molecule has 2 atom stereocenters. The first-order valence-corrected chi connectivity index (χ1v) is 7.75. The predicted octanol–water partition coefficient (Wildman–Crippen LogP) is 3.50. The van der Waals surface area contributed by atoms with Gasteiger partial charge in [-0.3, -0.25) is 0 Å². The smallest absolute Gasteiger partial charge is 0.122 e. The number of hydrogen-bond acceptors (Lipinski definition) is 3.